The molecule has 0 radical (unpaired) electrons. The molecule has 0 aliphatic heterocycles. The predicted molar refractivity (Wildman–Crippen MR) is 143 cm³/mol. The lowest BCUT2D eigenvalue weighted by atomic mass is 10.0. The number of carbonyl (C=O) groups excluding carboxylic acids is 1. The van der Waals surface area contributed by atoms with E-state index in [1.807, 2.05) is 19.1 Å². The molecule has 0 bridgehead atoms. The molecule has 4 aromatic rings. The van der Waals surface area contributed by atoms with Gasteiger partial charge in [0, 0.05) is 41.9 Å². The largest absolute Gasteiger partial charge is 0.399 e. The van der Waals surface area contributed by atoms with Crippen LogP contribution in [0.25, 0.3) is 32.6 Å². The topological polar surface area (TPSA) is 165 Å². The predicted octanol–water partition coefficient (Wildman–Crippen LogP) is 4.08. The van der Waals surface area contributed by atoms with Gasteiger partial charge in [0.25, 0.3) is 0 Å². The fourth-order valence-corrected chi connectivity index (χ4v) is 4.76. The zero-order valence-corrected chi connectivity index (χ0v) is 21.8. The van der Waals surface area contributed by atoms with Crippen LogP contribution < -0.4 is 21.1 Å². The Morgan fingerprint density at radius 2 is 1.81 bits per heavy atom. The van der Waals surface area contributed by atoms with Crippen molar-refractivity contribution in [2.75, 3.05) is 22.3 Å². The molecule has 0 aliphatic carbocycles. The van der Waals surface area contributed by atoms with Crippen LogP contribution in [0, 0.1) is 0 Å². The molecule has 13 heteroatoms. The molecule has 3 heterocycles. The first-order chi connectivity index (χ1) is 17.0. The van der Waals surface area contributed by atoms with E-state index in [2.05, 4.69) is 35.3 Å². The van der Waals surface area contributed by atoms with Crippen LogP contribution in [0.5, 0.6) is 0 Å². The number of anilines is 3. The Kier molecular flexibility index (Phi) is 6.78. The number of pyridine rings is 1. The summed E-state index contributed by atoms with van der Waals surface area (Å²) in [6, 6.07) is 6.88. The Morgan fingerprint density at radius 3 is 2.44 bits per heavy atom. The zero-order valence-electron chi connectivity index (χ0n) is 20.2. The van der Waals surface area contributed by atoms with Crippen molar-refractivity contribution in [3.63, 3.8) is 0 Å². The number of benzene rings is 1. The molecule has 0 saturated carbocycles. The number of thiazole rings is 1. The van der Waals surface area contributed by atoms with Crippen molar-refractivity contribution in [2.24, 2.45) is 0 Å². The minimum atomic E-state index is -3.66. The number of nitrogens with one attached hydrogen (secondary N) is 3. The van der Waals surface area contributed by atoms with Crippen LogP contribution in [0.2, 0.25) is 0 Å². The van der Waals surface area contributed by atoms with Crippen molar-refractivity contribution in [1.29, 1.82) is 0 Å². The summed E-state index contributed by atoms with van der Waals surface area (Å²) in [7, 11) is -3.66. The van der Waals surface area contributed by atoms with E-state index in [4.69, 9.17) is 5.73 Å². The first kappa shape index (κ1) is 25.3. The molecule has 5 N–H and O–H groups in total. The van der Waals surface area contributed by atoms with Crippen molar-refractivity contribution in [2.45, 2.75) is 32.4 Å². The van der Waals surface area contributed by atoms with Gasteiger partial charge in [0.15, 0.2) is 5.13 Å². The average Bonchev–Trinajstić information content (AvgIpc) is 3.20. The molecule has 0 saturated heterocycles. The smallest absolute Gasteiger partial charge is 0.321 e. The minimum Gasteiger partial charge on any atom is -0.399 e. The third-order valence-electron chi connectivity index (χ3n) is 5.12. The Hall–Kier alpha value is -3.84. The number of urea groups is 1. The van der Waals surface area contributed by atoms with Gasteiger partial charge in [0.2, 0.25) is 16.0 Å². The molecule has 0 fully saturated rings. The molecule has 0 spiro atoms. The molecule has 0 atom stereocenters. The first-order valence-electron chi connectivity index (χ1n) is 11.0. The van der Waals surface area contributed by atoms with Gasteiger partial charge < -0.3 is 11.1 Å². The maximum Gasteiger partial charge on any atom is 0.321 e. The average molecular weight is 527 g/mol. The summed E-state index contributed by atoms with van der Waals surface area (Å²) < 4.78 is 27.1. The molecule has 4 rings (SSSR count). The fourth-order valence-electron chi connectivity index (χ4n) is 3.14. The number of hydrogen-bond donors (Lipinski definition) is 4. The Labute approximate surface area is 212 Å². The number of rotatable bonds is 6. The maximum atomic E-state index is 12.4. The van der Waals surface area contributed by atoms with E-state index in [0.29, 0.717) is 34.1 Å². The second-order valence-electron chi connectivity index (χ2n) is 8.86. The number of nitrogens with zero attached hydrogens (tertiary/aromatic N) is 4. The summed E-state index contributed by atoms with van der Waals surface area (Å²) >= 11 is 1.32. The zero-order chi connectivity index (χ0) is 26.1. The minimum absolute atomic E-state index is 0.0189. The highest BCUT2D eigenvalue weighted by Crippen LogP contribution is 2.38. The summed E-state index contributed by atoms with van der Waals surface area (Å²) in [5.74, 6) is -0.0189. The van der Waals surface area contributed by atoms with Gasteiger partial charge in [-0.1, -0.05) is 11.3 Å². The van der Waals surface area contributed by atoms with Crippen LogP contribution >= 0.6 is 11.3 Å². The summed E-state index contributed by atoms with van der Waals surface area (Å²) in [5.41, 5.74) is 9.99. The third kappa shape index (κ3) is 5.36. The molecule has 188 valence electrons. The summed E-state index contributed by atoms with van der Waals surface area (Å²) in [4.78, 5) is 29.5. The quantitative estimate of drug-likeness (QED) is 0.292. The molecular weight excluding hydrogens is 500 g/mol. The molecule has 0 unspecified atom stereocenters. The van der Waals surface area contributed by atoms with Crippen molar-refractivity contribution in [3.05, 3.63) is 42.9 Å². The first-order valence-corrected chi connectivity index (χ1v) is 13.3. The van der Waals surface area contributed by atoms with Crippen LogP contribution in [-0.2, 0) is 10.0 Å². The third-order valence-corrected chi connectivity index (χ3v) is 8.21. The standard InChI is InChI=1S/C23H26N8O3S2/c1-5-25-21(32)30-22-29-18-9-13(8-16(19(18)35-22)17-10-15(24)6-7-26-17)14-11-27-20(28-12-14)31-36(33,34)23(2,3)4/h6-12H,5H2,1-4H3,(H2,24,26)(H,27,28,31)(H2,25,29,30,32). The van der Waals surface area contributed by atoms with Gasteiger partial charge in [0.1, 0.15) is 0 Å². The van der Waals surface area contributed by atoms with Crippen LogP contribution in [0.1, 0.15) is 27.7 Å². The number of carbonyl (C=O) groups is 1. The van der Waals surface area contributed by atoms with Crippen molar-refractivity contribution in [1.82, 2.24) is 25.3 Å². The number of aromatic nitrogens is 4. The second-order valence-corrected chi connectivity index (χ2v) is 12.3. The molecule has 36 heavy (non-hydrogen) atoms. The van der Waals surface area contributed by atoms with Crippen LogP contribution in [-0.4, -0.2) is 45.7 Å². The second kappa shape index (κ2) is 9.66. The summed E-state index contributed by atoms with van der Waals surface area (Å²) in [6.45, 7) is 7.09. The summed E-state index contributed by atoms with van der Waals surface area (Å²) in [6.07, 6.45) is 4.69. The van der Waals surface area contributed by atoms with E-state index in [1.54, 1.807) is 39.1 Å². The lowest BCUT2D eigenvalue weighted by molar-refractivity contribution is 0.252. The van der Waals surface area contributed by atoms with Gasteiger partial charge >= 0.3 is 6.03 Å². The normalized spacial score (nSPS) is 11.9. The van der Waals surface area contributed by atoms with E-state index in [0.717, 1.165) is 15.8 Å². The molecular formula is C23H26N8O3S2. The Morgan fingerprint density at radius 1 is 1.08 bits per heavy atom. The molecule has 0 aliphatic rings. The number of nitrogens with two attached hydrogens (primary N) is 1. The fraction of sp³-hybridized carbons (Fsp3) is 0.261. The van der Waals surface area contributed by atoms with Gasteiger partial charge in [0.05, 0.1) is 20.7 Å². The lowest BCUT2D eigenvalue weighted by Crippen LogP contribution is -2.34. The van der Waals surface area contributed by atoms with Crippen molar-refractivity contribution >= 4 is 54.4 Å². The molecule has 1 aromatic carbocycles. The van der Waals surface area contributed by atoms with Gasteiger partial charge in [-0.25, -0.2) is 28.2 Å². The molecule has 11 nitrogen and oxygen atoms in total. The maximum absolute atomic E-state index is 12.4. The van der Waals surface area contributed by atoms with Gasteiger partial charge in [-0.3, -0.25) is 15.0 Å². The van der Waals surface area contributed by atoms with Gasteiger partial charge in [-0.05, 0) is 57.5 Å². The highest BCUT2D eigenvalue weighted by Gasteiger charge is 2.29. The highest BCUT2D eigenvalue weighted by atomic mass is 32.2. The van der Waals surface area contributed by atoms with Gasteiger partial charge in [-0.2, -0.15) is 0 Å². The van der Waals surface area contributed by atoms with Crippen LogP contribution in [0.15, 0.2) is 42.9 Å². The number of amides is 2. The van der Waals surface area contributed by atoms with Crippen LogP contribution in [0.4, 0.5) is 21.6 Å². The van der Waals surface area contributed by atoms with E-state index in [-0.39, 0.29) is 12.0 Å². The van der Waals surface area contributed by atoms with Crippen LogP contribution in [0.3, 0.4) is 0 Å². The Balaban J connectivity index is 1.77. The van der Waals surface area contributed by atoms with E-state index in [1.165, 1.54) is 23.7 Å². The van der Waals surface area contributed by atoms with Crippen molar-refractivity contribution < 1.29 is 13.2 Å². The number of nitrogen functional groups attached to an aromatic ring is 1. The monoisotopic (exact) mass is 526 g/mol. The molecule has 3 aromatic heterocycles. The lowest BCUT2D eigenvalue weighted by Gasteiger charge is -2.19. The van der Waals surface area contributed by atoms with Gasteiger partial charge in [-0.15, -0.1) is 0 Å². The summed E-state index contributed by atoms with van der Waals surface area (Å²) in [5, 5.41) is 5.86. The van der Waals surface area contributed by atoms with E-state index < -0.39 is 14.8 Å². The number of fused-ring (bicyclic) bond motifs is 1. The molecule has 2 amide bonds. The SMILES string of the molecule is CCNC(=O)Nc1nc2cc(-c3cnc(NS(=O)(=O)C(C)(C)C)nc3)cc(-c3cc(N)ccn3)c2s1. The highest BCUT2D eigenvalue weighted by molar-refractivity contribution is 7.94. The number of hydrogen-bond acceptors (Lipinski definition) is 9. The van der Waals surface area contributed by atoms with E-state index >= 15 is 0 Å². The van der Waals surface area contributed by atoms with Crippen molar-refractivity contribution in [3.8, 4) is 22.4 Å². The Bertz CT molecular complexity index is 1530. The number of sulfonamides is 1. The van der Waals surface area contributed by atoms with E-state index in [9.17, 15) is 13.2 Å².